The van der Waals surface area contributed by atoms with E-state index >= 15 is 0 Å². The van der Waals surface area contributed by atoms with Crippen LogP contribution in [0.2, 0.25) is 0 Å². The molecular weight excluding hydrogens is 256 g/mol. The van der Waals surface area contributed by atoms with Gasteiger partial charge in [0, 0.05) is 31.7 Å². The zero-order chi connectivity index (χ0) is 14.5. The molecule has 2 heteroatoms. The Morgan fingerprint density at radius 2 is 1.86 bits per heavy atom. The zero-order valence-electron chi connectivity index (χ0n) is 13.4. The molecule has 1 aliphatic heterocycles. The van der Waals surface area contributed by atoms with Gasteiger partial charge in [0.2, 0.25) is 0 Å². The van der Waals surface area contributed by atoms with Gasteiger partial charge in [0.15, 0.2) is 0 Å². The number of benzene rings is 1. The van der Waals surface area contributed by atoms with Crippen LogP contribution in [0.25, 0.3) is 0 Å². The van der Waals surface area contributed by atoms with Crippen LogP contribution in [0.15, 0.2) is 30.3 Å². The molecule has 116 valence electrons. The maximum atomic E-state index is 3.98. The molecule has 3 atom stereocenters. The molecule has 0 aromatic heterocycles. The summed E-state index contributed by atoms with van der Waals surface area (Å²) in [5.41, 5.74) is 1.45. The molecule has 0 amide bonds. The van der Waals surface area contributed by atoms with E-state index in [0.29, 0.717) is 6.04 Å². The summed E-state index contributed by atoms with van der Waals surface area (Å²) in [4.78, 5) is 2.61. The number of hydrogen-bond donors (Lipinski definition) is 1. The standard InChI is InChI=1S/C19H30N2/c1-16-8-4-2-7-11-19(16)20-18-12-13-21(15-18)14-17-9-5-3-6-10-17/h3,5-6,9-10,16,18-20H,2,4,7-8,11-15H2,1H3. The van der Waals surface area contributed by atoms with Crippen LogP contribution >= 0.6 is 0 Å². The van der Waals surface area contributed by atoms with Crippen LogP contribution < -0.4 is 5.32 Å². The van der Waals surface area contributed by atoms with Crippen molar-refractivity contribution in [3.8, 4) is 0 Å². The highest BCUT2D eigenvalue weighted by Crippen LogP contribution is 2.24. The highest BCUT2D eigenvalue weighted by Gasteiger charge is 2.27. The van der Waals surface area contributed by atoms with E-state index in [1.54, 1.807) is 0 Å². The van der Waals surface area contributed by atoms with E-state index < -0.39 is 0 Å². The van der Waals surface area contributed by atoms with Crippen molar-refractivity contribution in [2.45, 2.75) is 64.1 Å². The summed E-state index contributed by atoms with van der Waals surface area (Å²) < 4.78 is 0. The Morgan fingerprint density at radius 1 is 1.05 bits per heavy atom. The number of nitrogens with zero attached hydrogens (tertiary/aromatic N) is 1. The highest BCUT2D eigenvalue weighted by molar-refractivity contribution is 5.14. The molecule has 2 fully saturated rings. The van der Waals surface area contributed by atoms with E-state index in [-0.39, 0.29) is 0 Å². The number of hydrogen-bond acceptors (Lipinski definition) is 2. The minimum absolute atomic E-state index is 0.708. The smallest absolute Gasteiger partial charge is 0.0234 e. The van der Waals surface area contributed by atoms with Gasteiger partial charge in [-0.3, -0.25) is 4.90 Å². The minimum atomic E-state index is 0.708. The van der Waals surface area contributed by atoms with Gasteiger partial charge in [0.25, 0.3) is 0 Å². The second-order valence-electron chi connectivity index (χ2n) is 7.09. The van der Waals surface area contributed by atoms with Crippen LogP contribution in [0, 0.1) is 5.92 Å². The van der Waals surface area contributed by atoms with Gasteiger partial charge in [-0.1, -0.05) is 56.5 Å². The van der Waals surface area contributed by atoms with Crippen LogP contribution in [0.3, 0.4) is 0 Å². The quantitative estimate of drug-likeness (QED) is 0.847. The average molecular weight is 286 g/mol. The lowest BCUT2D eigenvalue weighted by Gasteiger charge is -2.27. The van der Waals surface area contributed by atoms with Gasteiger partial charge in [0.1, 0.15) is 0 Å². The first-order chi connectivity index (χ1) is 10.3. The van der Waals surface area contributed by atoms with Gasteiger partial charge in [-0.25, -0.2) is 0 Å². The molecule has 1 aromatic carbocycles. The molecule has 2 aliphatic rings. The first-order valence-electron chi connectivity index (χ1n) is 8.83. The van der Waals surface area contributed by atoms with Crippen LogP contribution in [-0.4, -0.2) is 30.1 Å². The Labute approximate surface area is 129 Å². The van der Waals surface area contributed by atoms with Crippen LogP contribution in [-0.2, 0) is 6.54 Å². The fourth-order valence-corrected chi connectivity index (χ4v) is 4.00. The van der Waals surface area contributed by atoms with Crippen molar-refractivity contribution in [1.82, 2.24) is 10.2 Å². The van der Waals surface area contributed by atoms with E-state index in [1.807, 2.05) is 0 Å². The summed E-state index contributed by atoms with van der Waals surface area (Å²) in [7, 11) is 0. The van der Waals surface area contributed by atoms with Crippen molar-refractivity contribution in [3.63, 3.8) is 0 Å². The van der Waals surface area contributed by atoms with Gasteiger partial charge < -0.3 is 5.32 Å². The molecule has 1 saturated carbocycles. The van der Waals surface area contributed by atoms with E-state index in [4.69, 9.17) is 0 Å². The zero-order valence-corrected chi connectivity index (χ0v) is 13.4. The molecule has 1 aliphatic carbocycles. The lowest BCUT2D eigenvalue weighted by Crippen LogP contribution is -2.43. The summed E-state index contributed by atoms with van der Waals surface area (Å²) >= 11 is 0. The third-order valence-electron chi connectivity index (χ3n) is 5.33. The minimum Gasteiger partial charge on any atom is -0.310 e. The Balaban J connectivity index is 1.48. The second kappa shape index (κ2) is 7.42. The summed E-state index contributed by atoms with van der Waals surface area (Å²) in [6.07, 6.45) is 8.41. The molecule has 1 saturated heterocycles. The largest absolute Gasteiger partial charge is 0.310 e. The van der Waals surface area contributed by atoms with Gasteiger partial charge in [-0.05, 0) is 30.7 Å². The van der Waals surface area contributed by atoms with Crippen molar-refractivity contribution < 1.29 is 0 Å². The second-order valence-corrected chi connectivity index (χ2v) is 7.09. The van der Waals surface area contributed by atoms with Crippen LogP contribution in [0.5, 0.6) is 0 Å². The monoisotopic (exact) mass is 286 g/mol. The van der Waals surface area contributed by atoms with Crippen molar-refractivity contribution in [2.75, 3.05) is 13.1 Å². The topological polar surface area (TPSA) is 15.3 Å². The fourth-order valence-electron chi connectivity index (χ4n) is 4.00. The molecule has 0 radical (unpaired) electrons. The third kappa shape index (κ3) is 4.31. The first kappa shape index (κ1) is 15.1. The molecule has 21 heavy (non-hydrogen) atoms. The van der Waals surface area contributed by atoms with Crippen LogP contribution in [0.1, 0.15) is 51.0 Å². The highest BCUT2D eigenvalue weighted by atomic mass is 15.2. The predicted octanol–water partition coefficient (Wildman–Crippen LogP) is 3.82. The molecule has 3 rings (SSSR count). The van der Waals surface area contributed by atoms with Crippen molar-refractivity contribution in [1.29, 1.82) is 0 Å². The van der Waals surface area contributed by atoms with E-state index in [2.05, 4.69) is 47.5 Å². The average Bonchev–Trinajstić information content (AvgIpc) is 2.83. The summed E-state index contributed by atoms with van der Waals surface area (Å²) in [5.74, 6) is 0.857. The lowest BCUT2D eigenvalue weighted by atomic mass is 9.96. The number of likely N-dealkylation sites (tertiary alicyclic amines) is 1. The normalized spacial score (nSPS) is 31.2. The fraction of sp³-hybridized carbons (Fsp3) is 0.684. The molecule has 0 bridgehead atoms. The van der Waals surface area contributed by atoms with Crippen molar-refractivity contribution in [3.05, 3.63) is 35.9 Å². The Hall–Kier alpha value is -0.860. The summed E-state index contributed by atoms with van der Waals surface area (Å²) in [5, 5.41) is 3.98. The summed E-state index contributed by atoms with van der Waals surface area (Å²) in [6, 6.07) is 12.4. The SMILES string of the molecule is CC1CCCCCC1NC1CCN(Cc2ccccc2)C1. The molecule has 3 unspecified atom stereocenters. The van der Waals surface area contributed by atoms with Crippen molar-refractivity contribution >= 4 is 0 Å². The molecule has 0 spiro atoms. The Bertz CT molecular complexity index is 417. The molecule has 1 N–H and O–H groups in total. The maximum absolute atomic E-state index is 3.98. The summed E-state index contributed by atoms with van der Waals surface area (Å²) in [6.45, 7) is 6.02. The van der Waals surface area contributed by atoms with E-state index in [0.717, 1.165) is 18.5 Å². The lowest BCUT2D eigenvalue weighted by molar-refractivity contribution is 0.291. The predicted molar refractivity (Wildman–Crippen MR) is 89.3 cm³/mol. The van der Waals surface area contributed by atoms with E-state index in [9.17, 15) is 0 Å². The number of nitrogens with one attached hydrogen (secondary N) is 1. The molecule has 1 heterocycles. The maximum Gasteiger partial charge on any atom is 0.0234 e. The van der Waals surface area contributed by atoms with Crippen molar-refractivity contribution in [2.24, 2.45) is 5.92 Å². The van der Waals surface area contributed by atoms with Crippen LogP contribution in [0.4, 0.5) is 0 Å². The molecule has 1 aromatic rings. The molecule has 2 nitrogen and oxygen atoms in total. The molecular formula is C19H30N2. The van der Waals surface area contributed by atoms with E-state index in [1.165, 1.54) is 57.2 Å². The van der Waals surface area contributed by atoms with Gasteiger partial charge in [0.05, 0.1) is 0 Å². The Morgan fingerprint density at radius 3 is 2.71 bits per heavy atom. The van der Waals surface area contributed by atoms with Gasteiger partial charge in [-0.15, -0.1) is 0 Å². The van der Waals surface area contributed by atoms with Gasteiger partial charge in [-0.2, -0.15) is 0 Å². The van der Waals surface area contributed by atoms with Gasteiger partial charge >= 0.3 is 0 Å². The first-order valence-corrected chi connectivity index (χ1v) is 8.83. The Kier molecular flexibility index (Phi) is 5.32. The third-order valence-corrected chi connectivity index (χ3v) is 5.33. The number of rotatable bonds is 4.